The monoisotopic (exact) mass is 324 g/mol. The SMILES string of the molecule is N#CC1CCC2CCCCC23CC[C@@H](COCc2ccccc2)N13. The maximum atomic E-state index is 9.71. The number of hydrogen-bond acceptors (Lipinski definition) is 3. The summed E-state index contributed by atoms with van der Waals surface area (Å²) in [6.45, 7) is 1.44. The van der Waals surface area contributed by atoms with Gasteiger partial charge in [-0.2, -0.15) is 5.26 Å². The summed E-state index contributed by atoms with van der Waals surface area (Å²) >= 11 is 0. The number of rotatable bonds is 4. The van der Waals surface area contributed by atoms with Gasteiger partial charge < -0.3 is 4.74 Å². The Hall–Kier alpha value is -1.37. The molecule has 1 aromatic rings. The molecule has 0 bridgehead atoms. The molecule has 2 aliphatic heterocycles. The summed E-state index contributed by atoms with van der Waals surface area (Å²) in [5, 5.41) is 9.71. The Bertz CT molecular complexity index is 596. The van der Waals surface area contributed by atoms with Crippen molar-refractivity contribution in [3.63, 3.8) is 0 Å². The summed E-state index contributed by atoms with van der Waals surface area (Å²) < 4.78 is 6.07. The summed E-state index contributed by atoms with van der Waals surface area (Å²) in [5.74, 6) is 0.815. The van der Waals surface area contributed by atoms with Crippen LogP contribution in [-0.4, -0.2) is 29.1 Å². The molecule has 1 aromatic carbocycles. The molecule has 2 heterocycles. The lowest BCUT2D eigenvalue weighted by Crippen LogP contribution is -2.61. The zero-order chi connectivity index (χ0) is 16.4. The average Bonchev–Trinajstić information content (AvgIpc) is 3.00. The van der Waals surface area contributed by atoms with Crippen molar-refractivity contribution in [1.29, 1.82) is 5.26 Å². The number of hydrogen-bond donors (Lipinski definition) is 0. The van der Waals surface area contributed by atoms with Gasteiger partial charge in [0, 0.05) is 11.6 Å². The highest BCUT2D eigenvalue weighted by Gasteiger charge is 2.56. The number of benzene rings is 1. The lowest BCUT2D eigenvalue weighted by atomic mass is 9.66. The number of nitriles is 1. The topological polar surface area (TPSA) is 36.3 Å². The van der Waals surface area contributed by atoms with E-state index >= 15 is 0 Å². The van der Waals surface area contributed by atoms with Crippen LogP contribution < -0.4 is 0 Å². The number of piperidine rings is 1. The van der Waals surface area contributed by atoms with Gasteiger partial charge in [0.25, 0.3) is 0 Å². The summed E-state index contributed by atoms with van der Waals surface area (Å²) in [6.07, 6.45) is 10.2. The standard InChI is InChI=1S/C21H28N2O/c22-14-19-10-9-18-8-4-5-12-21(18)13-11-20(23(19)21)16-24-15-17-6-2-1-3-7-17/h1-3,6-7,18-20H,4-5,8-13,15-16H2/t18?,19?,20-,21?/m0/s1. The molecular weight excluding hydrogens is 296 g/mol. The van der Waals surface area contributed by atoms with E-state index in [9.17, 15) is 5.26 Å². The van der Waals surface area contributed by atoms with E-state index in [-0.39, 0.29) is 6.04 Å². The van der Waals surface area contributed by atoms with Gasteiger partial charge >= 0.3 is 0 Å². The highest BCUT2D eigenvalue weighted by molar-refractivity contribution is 5.15. The van der Waals surface area contributed by atoms with Crippen LogP contribution in [0.4, 0.5) is 0 Å². The van der Waals surface area contributed by atoms with Crippen LogP contribution in [0.2, 0.25) is 0 Å². The molecular formula is C21H28N2O. The van der Waals surface area contributed by atoms with Crippen molar-refractivity contribution in [2.75, 3.05) is 6.61 Å². The highest BCUT2D eigenvalue weighted by atomic mass is 16.5. The van der Waals surface area contributed by atoms with Crippen molar-refractivity contribution in [3.8, 4) is 6.07 Å². The van der Waals surface area contributed by atoms with Gasteiger partial charge in [0.15, 0.2) is 0 Å². The molecule has 3 aliphatic rings. The molecule has 0 amide bonds. The fourth-order valence-electron chi connectivity index (χ4n) is 5.67. The first-order chi connectivity index (χ1) is 11.8. The Morgan fingerprint density at radius 1 is 1.08 bits per heavy atom. The molecule has 4 rings (SSSR count). The second kappa shape index (κ2) is 6.86. The van der Waals surface area contributed by atoms with E-state index in [2.05, 4.69) is 35.2 Å². The molecule has 3 nitrogen and oxygen atoms in total. The molecule has 2 saturated heterocycles. The highest BCUT2D eigenvalue weighted by Crippen LogP contribution is 2.53. The van der Waals surface area contributed by atoms with Gasteiger partial charge in [-0.25, -0.2) is 0 Å². The molecule has 4 atom stereocenters. The second-order valence-electron chi connectivity index (χ2n) is 7.87. The Balaban J connectivity index is 1.45. The third-order valence-electron chi connectivity index (χ3n) is 6.69. The van der Waals surface area contributed by atoms with Gasteiger partial charge in [0.05, 0.1) is 25.3 Å². The van der Waals surface area contributed by atoms with E-state index in [4.69, 9.17) is 4.74 Å². The first-order valence-corrected chi connectivity index (χ1v) is 9.63. The smallest absolute Gasteiger partial charge is 0.0985 e. The van der Waals surface area contributed by atoms with Crippen LogP contribution >= 0.6 is 0 Å². The quantitative estimate of drug-likeness (QED) is 0.829. The lowest BCUT2D eigenvalue weighted by Gasteiger charge is -2.54. The summed E-state index contributed by atoms with van der Waals surface area (Å²) in [4.78, 5) is 2.62. The predicted octanol–water partition coefficient (Wildman–Crippen LogP) is 4.28. The number of ether oxygens (including phenoxy) is 1. The van der Waals surface area contributed by atoms with Crippen LogP contribution in [0.15, 0.2) is 30.3 Å². The molecule has 1 aliphatic carbocycles. The molecule has 0 radical (unpaired) electrons. The van der Waals surface area contributed by atoms with Gasteiger partial charge in [-0.15, -0.1) is 0 Å². The normalized spacial score (nSPS) is 35.9. The molecule has 1 spiro atoms. The molecule has 3 heteroatoms. The summed E-state index contributed by atoms with van der Waals surface area (Å²) in [7, 11) is 0. The van der Waals surface area contributed by atoms with E-state index in [1.807, 2.05) is 6.07 Å². The molecule has 24 heavy (non-hydrogen) atoms. The Morgan fingerprint density at radius 3 is 2.79 bits per heavy atom. The van der Waals surface area contributed by atoms with Crippen molar-refractivity contribution in [3.05, 3.63) is 35.9 Å². The second-order valence-corrected chi connectivity index (χ2v) is 7.87. The minimum absolute atomic E-state index is 0.104. The zero-order valence-electron chi connectivity index (χ0n) is 14.5. The first-order valence-electron chi connectivity index (χ1n) is 9.63. The Kier molecular flexibility index (Phi) is 4.61. The molecule has 0 N–H and O–H groups in total. The molecule has 128 valence electrons. The van der Waals surface area contributed by atoms with E-state index in [0.29, 0.717) is 18.2 Å². The molecule has 0 aromatic heterocycles. The van der Waals surface area contributed by atoms with E-state index < -0.39 is 0 Å². The van der Waals surface area contributed by atoms with Gasteiger partial charge in [-0.05, 0) is 50.0 Å². The van der Waals surface area contributed by atoms with Crippen LogP contribution in [0, 0.1) is 17.2 Å². The zero-order valence-corrected chi connectivity index (χ0v) is 14.5. The van der Waals surface area contributed by atoms with Crippen molar-refractivity contribution < 1.29 is 4.74 Å². The Labute approximate surface area is 145 Å². The largest absolute Gasteiger partial charge is 0.375 e. The maximum Gasteiger partial charge on any atom is 0.0985 e. The van der Waals surface area contributed by atoms with E-state index in [1.165, 1.54) is 50.5 Å². The van der Waals surface area contributed by atoms with Crippen LogP contribution in [-0.2, 0) is 11.3 Å². The fraction of sp³-hybridized carbons (Fsp3) is 0.667. The van der Waals surface area contributed by atoms with E-state index in [1.54, 1.807) is 0 Å². The van der Waals surface area contributed by atoms with Crippen molar-refractivity contribution in [2.24, 2.45) is 5.92 Å². The third kappa shape index (κ3) is 2.76. The van der Waals surface area contributed by atoms with Crippen molar-refractivity contribution in [2.45, 2.75) is 75.6 Å². The fourth-order valence-corrected chi connectivity index (χ4v) is 5.67. The van der Waals surface area contributed by atoms with Gasteiger partial charge in [-0.1, -0.05) is 43.2 Å². The minimum atomic E-state index is 0.104. The molecule has 1 saturated carbocycles. The van der Waals surface area contributed by atoms with Crippen LogP contribution in [0.5, 0.6) is 0 Å². The average molecular weight is 324 g/mol. The van der Waals surface area contributed by atoms with Gasteiger partial charge in [0.2, 0.25) is 0 Å². The van der Waals surface area contributed by atoms with E-state index in [0.717, 1.165) is 18.9 Å². The van der Waals surface area contributed by atoms with Crippen LogP contribution in [0.25, 0.3) is 0 Å². The maximum absolute atomic E-state index is 9.71. The van der Waals surface area contributed by atoms with Crippen molar-refractivity contribution in [1.82, 2.24) is 4.90 Å². The van der Waals surface area contributed by atoms with Gasteiger partial charge in [-0.3, -0.25) is 4.90 Å². The third-order valence-corrected chi connectivity index (χ3v) is 6.69. The minimum Gasteiger partial charge on any atom is -0.375 e. The summed E-state index contributed by atoms with van der Waals surface area (Å²) in [5.41, 5.74) is 1.55. The number of nitrogens with zero attached hydrogens (tertiary/aromatic N) is 2. The molecule has 3 unspecified atom stereocenters. The first kappa shape index (κ1) is 16.1. The predicted molar refractivity (Wildman–Crippen MR) is 94.3 cm³/mol. The summed E-state index contributed by atoms with van der Waals surface area (Å²) in [6, 6.07) is 13.5. The Morgan fingerprint density at radius 2 is 1.96 bits per heavy atom. The van der Waals surface area contributed by atoms with Crippen LogP contribution in [0.3, 0.4) is 0 Å². The lowest BCUT2D eigenvalue weighted by molar-refractivity contribution is -0.0608. The van der Waals surface area contributed by atoms with Crippen molar-refractivity contribution >= 4 is 0 Å². The van der Waals surface area contributed by atoms with Gasteiger partial charge in [0.1, 0.15) is 0 Å². The van der Waals surface area contributed by atoms with Crippen LogP contribution in [0.1, 0.15) is 56.9 Å². The molecule has 3 fully saturated rings.